The minimum Gasteiger partial charge on any atom is -0.480 e. The molecular formula is C19H25N3O2. The normalized spacial score (nSPS) is 12.0. The van der Waals surface area contributed by atoms with Crippen LogP contribution in [0.25, 0.3) is 0 Å². The van der Waals surface area contributed by atoms with Gasteiger partial charge in [0, 0.05) is 12.7 Å². The van der Waals surface area contributed by atoms with Crippen molar-refractivity contribution in [2.75, 3.05) is 27.7 Å². The molecule has 1 heterocycles. The van der Waals surface area contributed by atoms with Crippen molar-refractivity contribution in [3.63, 3.8) is 0 Å². The minimum atomic E-state index is -0.183. The minimum absolute atomic E-state index is 0.0996. The third kappa shape index (κ3) is 4.32. The van der Waals surface area contributed by atoms with Crippen LogP contribution < -0.4 is 10.1 Å². The summed E-state index contributed by atoms with van der Waals surface area (Å²) in [5.74, 6) is 0.153. The van der Waals surface area contributed by atoms with E-state index in [1.807, 2.05) is 14.1 Å². The second-order valence-corrected chi connectivity index (χ2v) is 5.84. The molecule has 0 saturated heterocycles. The molecular weight excluding hydrogens is 302 g/mol. The van der Waals surface area contributed by atoms with Crippen molar-refractivity contribution >= 4 is 5.91 Å². The highest BCUT2D eigenvalue weighted by atomic mass is 16.5. The smallest absolute Gasteiger partial charge is 0.256 e. The summed E-state index contributed by atoms with van der Waals surface area (Å²) in [6.45, 7) is 2.65. The van der Waals surface area contributed by atoms with Crippen molar-refractivity contribution in [3.8, 4) is 5.88 Å². The van der Waals surface area contributed by atoms with E-state index in [9.17, 15) is 4.79 Å². The number of hydrogen-bond donors (Lipinski definition) is 1. The monoisotopic (exact) mass is 327 g/mol. The predicted octanol–water partition coefficient (Wildman–Crippen LogP) is 2.69. The van der Waals surface area contributed by atoms with Gasteiger partial charge in [0.2, 0.25) is 5.88 Å². The fraction of sp³-hybridized carbons (Fsp3) is 0.368. The first-order valence-corrected chi connectivity index (χ1v) is 8.09. The lowest BCUT2D eigenvalue weighted by atomic mass is 10.0. The van der Waals surface area contributed by atoms with Crippen LogP contribution in [-0.2, 0) is 6.42 Å². The molecule has 1 aromatic carbocycles. The van der Waals surface area contributed by atoms with E-state index in [1.165, 1.54) is 18.2 Å². The number of carbonyl (C=O) groups excluding carboxylic acids is 1. The summed E-state index contributed by atoms with van der Waals surface area (Å²) < 4.78 is 5.15. The molecule has 0 bridgehead atoms. The quantitative estimate of drug-likeness (QED) is 0.849. The largest absolute Gasteiger partial charge is 0.480 e. The molecule has 5 nitrogen and oxygen atoms in total. The Morgan fingerprint density at radius 2 is 1.96 bits per heavy atom. The molecule has 1 N–H and O–H groups in total. The van der Waals surface area contributed by atoms with Gasteiger partial charge < -0.3 is 15.0 Å². The van der Waals surface area contributed by atoms with Gasteiger partial charge in [-0.15, -0.1) is 0 Å². The predicted molar refractivity (Wildman–Crippen MR) is 95.4 cm³/mol. The van der Waals surface area contributed by atoms with E-state index in [0.29, 0.717) is 18.0 Å². The Kier molecular flexibility index (Phi) is 6.32. The van der Waals surface area contributed by atoms with Crippen molar-refractivity contribution in [1.82, 2.24) is 15.2 Å². The van der Waals surface area contributed by atoms with Gasteiger partial charge in [-0.3, -0.25) is 4.79 Å². The average molecular weight is 327 g/mol. The first-order chi connectivity index (χ1) is 11.6. The molecule has 1 unspecified atom stereocenters. The number of aryl methyl sites for hydroxylation is 1. The zero-order valence-electron chi connectivity index (χ0n) is 14.7. The Morgan fingerprint density at radius 1 is 1.25 bits per heavy atom. The number of amides is 1. The molecule has 0 spiro atoms. The van der Waals surface area contributed by atoms with Crippen molar-refractivity contribution in [3.05, 3.63) is 59.3 Å². The first kappa shape index (κ1) is 17.9. The Labute approximate surface area is 143 Å². The number of nitrogens with one attached hydrogen (secondary N) is 1. The fourth-order valence-electron chi connectivity index (χ4n) is 2.58. The Morgan fingerprint density at radius 3 is 2.54 bits per heavy atom. The van der Waals surface area contributed by atoms with Gasteiger partial charge in [-0.05, 0) is 43.8 Å². The molecule has 0 saturated carbocycles. The van der Waals surface area contributed by atoms with Gasteiger partial charge in [0.25, 0.3) is 5.91 Å². The SMILES string of the molecule is CCc1ccc(C(CNC(=O)c2cccnc2OC)N(C)C)cc1. The van der Waals surface area contributed by atoms with Crippen molar-refractivity contribution < 1.29 is 9.53 Å². The number of benzene rings is 1. The van der Waals surface area contributed by atoms with Crippen LogP contribution in [-0.4, -0.2) is 43.5 Å². The molecule has 0 aliphatic carbocycles. The summed E-state index contributed by atoms with van der Waals surface area (Å²) in [7, 11) is 5.53. The zero-order valence-corrected chi connectivity index (χ0v) is 14.7. The second-order valence-electron chi connectivity index (χ2n) is 5.84. The summed E-state index contributed by atoms with van der Waals surface area (Å²) in [5.41, 5.74) is 2.93. The Hall–Kier alpha value is -2.40. The number of carbonyl (C=O) groups is 1. The summed E-state index contributed by atoms with van der Waals surface area (Å²) >= 11 is 0. The van der Waals surface area contributed by atoms with E-state index >= 15 is 0 Å². The van der Waals surface area contributed by atoms with Crippen LogP contribution in [0.15, 0.2) is 42.6 Å². The summed E-state index contributed by atoms with van der Waals surface area (Å²) in [5, 5.41) is 2.98. The lowest BCUT2D eigenvalue weighted by molar-refractivity contribution is 0.0938. The molecule has 2 rings (SSSR count). The van der Waals surface area contributed by atoms with Gasteiger partial charge in [-0.2, -0.15) is 0 Å². The number of ether oxygens (including phenoxy) is 1. The van der Waals surface area contributed by atoms with Gasteiger partial charge in [0.05, 0.1) is 13.2 Å². The van der Waals surface area contributed by atoms with E-state index in [2.05, 4.69) is 46.4 Å². The molecule has 1 atom stereocenters. The van der Waals surface area contributed by atoms with Gasteiger partial charge in [0.1, 0.15) is 5.56 Å². The van der Waals surface area contributed by atoms with Crippen LogP contribution >= 0.6 is 0 Å². The van der Waals surface area contributed by atoms with Crippen LogP contribution in [0.1, 0.15) is 34.5 Å². The first-order valence-electron chi connectivity index (χ1n) is 8.09. The van der Waals surface area contributed by atoms with E-state index in [4.69, 9.17) is 4.74 Å². The van der Waals surface area contributed by atoms with Crippen LogP contribution in [0.4, 0.5) is 0 Å². The molecule has 1 aromatic heterocycles. The fourth-order valence-corrected chi connectivity index (χ4v) is 2.58. The number of nitrogens with zero attached hydrogens (tertiary/aromatic N) is 2. The van der Waals surface area contributed by atoms with Crippen molar-refractivity contribution in [1.29, 1.82) is 0 Å². The molecule has 1 amide bonds. The molecule has 2 aromatic rings. The van der Waals surface area contributed by atoms with Gasteiger partial charge >= 0.3 is 0 Å². The van der Waals surface area contributed by atoms with Crippen LogP contribution in [0.2, 0.25) is 0 Å². The topological polar surface area (TPSA) is 54.5 Å². The molecule has 0 radical (unpaired) electrons. The number of aromatic nitrogens is 1. The van der Waals surface area contributed by atoms with Crippen LogP contribution in [0.3, 0.4) is 0 Å². The number of likely N-dealkylation sites (N-methyl/N-ethyl adjacent to an activating group) is 1. The third-order valence-corrected chi connectivity index (χ3v) is 4.06. The van der Waals surface area contributed by atoms with Gasteiger partial charge in [-0.1, -0.05) is 31.2 Å². The molecule has 128 valence electrons. The van der Waals surface area contributed by atoms with Crippen LogP contribution in [0, 0.1) is 0 Å². The number of pyridine rings is 1. The highest BCUT2D eigenvalue weighted by molar-refractivity contribution is 5.96. The zero-order chi connectivity index (χ0) is 17.5. The second kappa shape index (κ2) is 8.45. The van der Waals surface area contributed by atoms with Gasteiger partial charge in [0.15, 0.2) is 0 Å². The maximum absolute atomic E-state index is 12.4. The highest BCUT2D eigenvalue weighted by Gasteiger charge is 2.18. The van der Waals surface area contributed by atoms with Crippen molar-refractivity contribution in [2.45, 2.75) is 19.4 Å². The van der Waals surface area contributed by atoms with E-state index < -0.39 is 0 Å². The van der Waals surface area contributed by atoms with E-state index in [1.54, 1.807) is 18.3 Å². The molecule has 24 heavy (non-hydrogen) atoms. The molecule has 0 aliphatic rings. The molecule has 0 fully saturated rings. The third-order valence-electron chi connectivity index (χ3n) is 4.06. The molecule has 5 heteroatoms. The van der Waals surface area contributed by atoms with Gasteiger partial charge in [-0.25, -0.2) is 4.98 Å². The lowest BCUT2D eigenvalue weighted by Gasteiger charge is -2.25. The Balaban J connectivity index is 2.09. The average Bonchev–Trinajstić information content (AvgIpc) is 2.61. The number of rotatable bonds is 7. The Bertz CT molecular complexity index is 669. The highest BCUT2D eigenvalue weighted by Crippen LogP contribution is 2.19. The lowest BCUT2D eigenvalue weighted by Crippen LogP contribution is -2.34. The molecule has 0 aliphatic heterocycles. The van der Waals surface area contributed by atoms with Crippen molar-refractivity contribution in [2.24, 2.45) is 0 Å². The van der Waals surface area contributed by atoms with E-state index in [0.717, 1.165) is 6.42 Å². The standard InChI is InChI=1S/C19H25N3O2/c1-5-14-8-10-15(11-9-14)17(22(2)3)13-21-18(23)16-7-6-12-20-19(16)24-4/h6-12,17H,5,13H2,1-4H3,(H,21,23). The maximum Gasteiger partial charge on any atom is 0.256 e. The number of methoxy groups -OCH3 is 1. The van der Waals surface area contributed by atoms with E-state index in [-0.39, 0.29) is 11.9 Å². The summed E-state index contributed by atoms with van der Waals surface area (Å²) in [4.78, 5) is 18.6. The summed E-state index contributed by atoms with van der Waals surface area (Å²) in [6.07, 6.45) is 2.62. The summed E-state index contributed by atoms with van der Waals surface area (Å²) in [6, 6.07) is 12.1. The number of hydrogen-bond acceptors (Lipinski definition) is 4. The maximum atomic E-state index is 12.4. The van der Waals surface area contributed by atoms with Crippen LogP contribution in [0.5, 0.6) is 5.88 Å².